The van der Waals surface area contributed by atoms with Gasteiger partial charge in [-0.3, -0.25) is 4.98 Å². The van der Waals surface area contributed by atoms with E-state index < -0.39 is 0 Å². The van der Waals surface area contributed by atoms with Crippen LogP contribution in [0.1, 0.15) is 24.5 Å². The second kappa shape index (κ2) is 6.49. The van der Waals surface area contributed by atoms with Gasteiger partial charge in [0.15, 0.2) is 0 Å². The van der Waals surface area contributed by atoms with Crippen LogP contribution < -0.4 is 10.6 Å². The Kier molecular flexibility index (Phi) is 4.25. The van der Waals surface area contributed by atoms with Gasteiger partial charge in [0.05, 0.1) is 11.8 Å². The Balaban J connectivity index is 1.46. The van der Waals surface area contributed by atoms with E-state index in [1.807, 2.05) is 18.2 Å². The molecule has 1 saturated carbocycles. The highest BCUT2D eigenvalue weighted by Crippen LogP contribution is 2.35. The van der Waals surface area contributed by atoms with Crippen molar-refractivity contribution in [3.05, 3.63) is 42.6 Å². The molecule has 6 nitrogen and oxygen atoms in total. The molecule has 0 unspecified atom stereocenters. The summed E-state index contributed by atoms with van der Waals surface area (Å²) in [5, 5.41) is 15.9. The van der Waals surface area contributed by atoms with Gasteiger partial charge in [-0.15, -0.1) is 0 Å². The second-order valence-corrected chi connectivity index (χ2v) is 5.25. The van der Waals surface area contributed by atoms with Crippen LogP contribution in [0.5, 0.6) is 0 Å². The van der Waals surface area contributed by atoms with Crippen molar-refractivity contribution in [2.75, 3.05) is 23.7 Å². The Morgan fingerprint density at radius 1 is 1.19 bits per heavy atom. The number of aliphatic hydroxyl groups is 1. The number of nitrogens with one attached hydrogen (secondary N) is 2. The number of aliphatic hydroxyl groups excluding tert-OH is 1. The van der Waals surface area contributed by atoms with E-state index in [1.165, 1.54) is 0 Å². The Morgan fingerprint density at radius 2 is 2.05 bits per heavy atom. The van der Waals surface area contributed by atoms with E-state index in [2.05, 4.69) is 25.6 Å². The predicted octanol–water partition coefficient (Wildman–Crippen LogP) is 1.63. The molecule has 0 atom stereocenters. The van der Waals surface area contributed by atoms with Crippen LogP contribution in [0, 0.1) is 0 Å². The molecule has 6 heteroatoms. The number of anilines is 2. The first-order valence-corrected chi connectivity index (χ1v) is 7.19. The van der Waals surface area contributed by atoms with Crippen molar-refractivity contribution in [2.24, 2.45) is 0 Å². The van der Waals surface area contributed by atoms with Crippen LogP contribution >= 0.6 is 0 Å². The van der Waals surface area contributed by atoms with Gasteiger partial charge in [-0.2, -0.15) is 0 Å². The normalized spacial score (nSPS) is 20.6. The summed E-state index contributed by atoms with van der Waals surface area (Å²) in [6.45, 7) is 1.55. The summed E-state index contributed by atoms with van der Waals surface area (Å²) in [5.41, 5.74) is 2.02. The molecule has 2 aromatic heterocycles. The lowest BCUT2D eigenvalue weighted by molar-refractivity contribution is 0.0732. The minimum atomic E-state index is -0.162. The van der Waals surface area contributed by atoms with Crippen LogP contribution in [0.4, 0.5) is 11.5 Å². The average Bonchev–Trinajstić information content (AvgIpc) is 2.50. The summed E-state index contributed by atoms with van der Waals surface area (Å²) < 4.78 is 0. The number of hydrogen-bond acceptors (Lipinski definition) is 6. The number of rotatable bonds is 6. The molecule has 2 aromatic rings. The fourth-order valence-electron chi connectivity index (χ4n) is 2.39. The first-order valence-electron chi connectivity index (χ1n) is 7.19. The molecule has 110 valence electrons. The van der Waals surface area contributed by atoms with Crippen molar-refractivity contribution >= 4 is 11.5 Å². The van der Waals surface area contributed by atoms with E-state index in [1.54, 1.807) is 18.7 Å². The van der Waals surface area contributed by atoms with Gasteiger partial charge in [-0.05, 0) is 25.0 Å². The van der Waals surface area contributed by atoms with Crippen molar-refractivity contribution < 1.29 is 5.11 Å². The molecule has 0 spiro atoms. The van der Waals surface area contributed by atoms with Crippen molar-refractivity contribution in [3.63, 3.8) is 0 Å². The summed E-state index contributed by atoms with van der Waals surface area (Å²) in [6.07, 6.45) is 6.58. The smallest absolute Gasteiger partial charge is 0.129 e. The van der Waals surface area contributed by atoms with E-state index in [9.17, 15) is 5.11 Å². The monoisotopic (exact) mass is 285 g/mol. The number of aromatic nitrogens is 3. The Labute approximate surface area is 123 Å². The maximum Gasteiger partial charge on any atom is 0.129 e. The van der Waals surface area contributed by atoms with E-state index in [0.717, 1.165) is 43.1 Å². The zero-order valence-corrected chi connectivity index (χ0v) is 11.7. The third-order valence-corrected chi connectivity index (χ3v) is 3.64. The van der Waals surface area contributed by atoms with Gasteiger partial charge in [0, 0.05) is 43.2 Å². The maximum absolute atomic E-state index is 9.36. The molecular weight excluding hydrogens is 266 g/mol. The minimum Gasteiger partial charge on any atom is -0.393 e. The lowest BCUT2D eigenvalue weighted by Crippen LogP contribution is -2.27. The van der Waals surface area contributed by atoms with Crippen LogP contribution in [0.3, 0.4) is 0 Å². The first-order chi connectivity index (χ1) is 10.3. The Morgan fingerprint density at radius 3 is 2.81 bits per heavy atom. The highest BCUT2D eigenvalue weighted by Gasteiger charge is 2.29. The van der Waals surface area contributed by atoms with E-state index in [-0.39, 0.29) is 6.10 Å². The lowest BCUT2D eigenvalue weighted by atomic mass is 9.80. The van der Waals surface area contributed by atoms with Gasteiger partial charge >= 0.3 is 0 Å². The quantitative estimate of drug-likeness (QED) is 0.700. The summed E-state index contributed by atoms with van der Waals surface area (Å²) in [6, 6.07) is 5.86. The average molecular weight is 285 g/mol. The fourth-order valence-corrected chi connectivity index (χ4v) is 2.39. The van der Waals surface area contributed by atoms with Crippen molar-refractivity contribution in [3.8, 4) is 0 Å². The molecule has 3 rings (SSSR count). The van der Waals surface area contributed by atoms with Crippen LogP contribution in [-0.4, -0.2) is 39.3 Å². The van der Waals surface area contributed by atoms with Gasteiger partial charge < -0.3 is 15.7 Å². The lowest BCUT2D eigenvalue weighted by Gasteiger charge is -2.30. The molecule has 1 aliphatic rings. The van der Waals surface area contributed by atoms with E-state index >= 15 is 0 Å². The SMILES string of the molecule is OC1CC(c2cc(NCCNc3cccnc3)ncn2)C1. The van der Waals surface area contributed by atoms with Gasteiger partial charge in [0.1, 0.15) is 12.1 Å². The van der Waals surface area contributed by atoms with Crippen LogP contribution in [0.25, 0.3) is 0 Å². The van der Waals surface area contributed by atoms with Crippen molar-refractivity contribution in [2.45, 2.75) is 24.9 Å². The molecule has 0 bridgehead atoms. The summed E-state index contributed by atoms with van der Waals surface area (Å²) in [7, 11) is 0. The second-order valence-electron chi connectivity index (χ2n) is 5.25. The van der Waals surface area contributed by atoms with Gasteiger partial charge in [-0.25, -0.2) is 9.97 Å². The largest absolute Gasteiger partial charge is 0.393 e. The Hall–Kier alpha value is -2.21. The molecule has 1 aliphatic carbocycles. The molecule has 21 heavy (non-hydrogen) atoms. The number of hydrogen-bond donors (Lipinski definition) is 3. The first kappa shape index (κ1) is 13.8. The van der Waals surface area contributed by atoms with Crippen LogP contribution in [0.2, 0.25) is 0 Å². The van der Waals surface area contributed by atoms with Crippen molar-refractivity contribution in [1.29, 1.82) is 0 Å². The number of nitrogens with zero attached hydrogens (tertiary/aromatic N) is 3. The number of pyridine rings is 1. The van der Waals surface area contributed by atoms with Gasteiger partial charge in [-0.1, -0.05) is 0 Å². The van der Waals surface area contributed by atoms with Gasteiger partial charge in [0.25, 0.3) is 0 Å². The van der Waals surface area contributed by atoms with Gasteiger partial charge in [0.2, 0.25) is 0 Å². The van der Waals surface area contributed by atoms with Crippen molar-refractivity contribution in [1.82, 2.24) is 15.0 Å². The molecule has 2 heterocycles. The zero-order chi connectivity index (χ0) is 14.5. The Bertz CT molecular complexity index is 571. The maximum atomic E-state index is 9.36. The molecule has 3 N–H and O–H groups in total. The predicted molar refractivity (Wildman–Crippen MR) is 81.2 cm³/mol. The highest BCUT2D eigenvalue weighted by atomic mass is 16.3. The summed E-state index contributed by atoms with van der Waals surface area (Å²) in [5.74, 6) is 1.20. The molecule has 0 aromatic carbocycles. The standard InChI is InChI=1S/C15H19N5O/c21-13-6-11(7-13)14-8-15(20-10-19-14)18-5-4-17-12-2-1-3-16-9-12/h1-3,8-11,13,17,21H,4-7H2,(H,18,19,20). The highest BCUT2D eigenvalue weighted by molar-refractivity contribution is 5.41. The molecular formula is C15H19N5O. The summed E-state index contributed by atoms with van der Waals surface area (Å²) in [4.78, 5) is 12.6. The molecule has 0 amide bonds. The minimum absolute atomic E-state index is 0.162. The van der Waals surface area contributed by atoms with Crippen LogP contribution in [-0.2, 0) is 0 Å². The molecule has 0 aliphatic heterocycles. The fraction of sp³-hybridized carbons (Fsp3) is 0.400. The van der Waals surface area contributed by atoms with E-state index in [4.69, 9.17) is 0 Å². The summed E-state index contributed by atoms with van der Waals surface area (Å²) >= 11 is 0. The van der Waals surface area contributed by atoms with E-state index in [0.29, 0.717) is 5.92 Å². The molecule has 0 saturated heterocycles. The zero-order valence-electron chi connectivity index (χ0n) is 11.7. The molecule has 0 radical (unpaired) electrons. The van der Waals surface area contributed by atoms with Crippen LogP contribution in [0.15, 0.2) is 36.9 Å². The molecule has 1 fully saturated rings. The topological polar surface area (TPSA) is 83.0 Å². The third kappa shape index (κ3) is 3.66. The third-order valence-electron chi connectivity index (χ3n) is 3.64.